The molecule has 1 heterocycles. The SMILES string of the molecule is CC(C)(C)[S+]([O-])NC(CCOc1ccc(Cl)c(F)c1)B1OC(C)(C)C(C)(C)O1. The lowest BCUT2D eigenvalue weighted by Gasteiger charge is -2.32. The molecule has 0 saturated carbocycles. The molecular formula is C19H30BClFNO4S. The van der Waals surface area contributed by atoms with Gasteiger partial charge in [-0.25, -0.2) is 4.39 Å². The molecule has 1 aromatic rings. The highest BCUT2D eigenvalue weighted by molar-refractivity contribution is 7.90. The smallest absolute Gasteiger partial charge is 0.480 e. The van der Waals surface area contributed by atoms with E-state index in [2.05, 4.69) is 4.72 Å². The topological polar surface area (TPSA) is 62.8 Å². The Hall–Kier alpha value is -0.505. The summed E-state index contributed by atoms with van der Waals surface area (Å²) in [7, 11) is -0.582. The molecule has 2 unspecified atom stereocenters. The second kappa shape index (κ2) is 8.70. The van der Waals surface area contributed by atoms with E-state index < -0.39 is 40.2 Å². The van der Waals surface area contributed by atoms with Crippen LogP contribution >= 0.6 is 11.6 Å². The van der Waals surface area contributed by atoms with Crippen LogP contribution in [-0.4, -0.2) is 40.2 Å². The molecule has 1 aromatic carbocycles. The fourth-order valence-corrected chi connectivity index (χ4v) is 3.46. The summed E-state index contributed by atoms with van der Waals surface area (Å²) in [6.07, 6.45) is 0.461. The second-order valence-corrected chi connectivity index (χ2v) is 11.3. The lowest BCUT2D eigenvalue weighted by Crippen LogP contribution is -2.52. The van der Waals surface area contributed by atoms with Crippen LogP contribution < -0.4 is 9.46 Å². The first-order valence-corrected chi connectivity index (χ1v) is 10.9. The number of halogens is 2. The fraction of sp³-hybridized carbons (Fsp3) is 0.684. The van der Waals surface area contributed by atoms with Crippen molar-refractivity contribution in [1.82, 2.24) is 4.72 Å². The number of hydrogen-bond donors (Lipinski definition) is 1. The van der Waals surface area contributed by atoms with E-state index in [-0.39, 0.29) is 17.6 Å². The van der Waals surface area contributed by atoms with Crippen molar-refractivity contribution in [3.63, 3.8) is 0 Å². The maximum absolute atomic E-state index is 13.6. The number of hydrogen-bond acceptors (Lipinski definition) is 5. The van der Waals surface area contributed by atoms with E-state index in [1.54, 1.807) is 6.07 Å². The van der Waals surface area contributed by atoms with Crippen molar-refractivity contribution in [1.29, 1.82) is 0 Å². The van der Waals surface area contributed by atoms with Gasteiger partial charge in [-0.15, -0.1) is 4.72 Å². The van der Waals surface area contributed by atoms with Crippen LogP contribution in [0.25, 0.3) is 0 Å². The van der Waals surface area contributed by atoms with E-state index in [4.69, 9.17) is 25.6 Å². The molecule has 5 nitrogen and oxygen atoms in total. The van der Waals surface area contributed by atoms with Gasteiger partial charge in [-0.05, 0) is 67.0 Å². The molecule has 1 aliphatic heterocycles. The van der Waals surface area contributed by atoms with Crippen LogP contribution in [0.2, 0.25) is 5.02 Å². The molecular weight excluding hydrogens is 404 g/mol. The Morgan fingerprint density at radius 1 is 1.25 bits per heavy atom. The fourth-order valence-electron chi connectivity index (χ4n) is 2.49. The Bertz CT molecular complexity index is 670. The third-order valence-electron chi connectivity index (χ3n) is 5.00. The summed E-state index contributed by atoms with van der Waals surface area (Å²) in [5.74, 6) is -0.515. The van der Waals surface area contributed by atoms with E-state index in [0.29, 0.717) is 12.2 Å². The first-order chi connectivity index (χ1) is 12.7. The molecule has 9 heteroatoms. The third kappa shape index (κ3) is 5.77. The molecule has 0 aliphatic carbocycles. The van der Waals surface area contributed by atoms with Gasteiger partial charge in [0.15, 0.2) is 0 Å². The van der Waals surface area contributed by atoms with E-state index in [1.165, 1.54) is 12.1 Å². The minimum absolute atomic E-state index is 0.0460. The largest absolute Gasteiger partial charge is 0.598 e. The number of nitrogens with one attached hydrogen (secondary N) is 1. The Morgan fingerprint density at radius 2 is 1.82 bits per heavy atom. The number of ether oxygens (including phenoxy) is 1. The summed E-state index contributed by atoms with van der Waals surface area (Å²) in [6.45, 7) is 13.8. The molecule has 0 radical (unpaired) electrons. The van der Waals surface area contributed by atoms with Crippen molar-refractivity contribution in [3.8, 4) is 5.75 Å². The van der Waals surface area contributed by atoms with Gasteiger partial charge in [0.1, 0.15) is 16.3 Å². The van der Waals surface area contributed by atoms with Gasteiger partial charge in [0.2, 0.25) is 0 Å². The van der Waals surface area contributed by atoms with Crippen molar-refractivity contribution >= 4 is 30.1 Å². The molecule has 1 saturated heterocycles. The minimum Gasteiger partial charge on any atom is -0.598 e. The number of rotatable bonds is 7. The van der Waals surface area contributed by atoms with Gasteiger partial charge in [0.05, 0.1) is 28.8 Å². The van der Waals surface area contributed by atoms with E-state index >= 15 is 0 Å². The van der Waals surface area contributed by atoms with E-state index in [1.807, 2.05) is 48.5 Å². The standard InChI is InChI=1S/C19H30BClFNO4S/c1-17(2,3)28(24)23-16(20-26-18(4,5)19(6,7)27-20)10-11-25-13-8-9-14(21)15(22)12-13/h8-9,12,16,23H,10-11H2,1-7H3. The highest BCUT2D eigenvalue weighted by atomic mass is 35.5. The van der Waals surface area contributed by atoms with Crippen LogP contribution in [0.1, 0.15) is 54.9 Å². The van der Waals surface area contributed by atoms with Crippen LogP contribution in [0.4, 0.5) is 4.39 Å². The van der Waals surface area contributed by atoms with Crippen molar-refractivity contribution in [3.05, 3.63) is 29.0 Å². The van der Waals surface area contributed by atoms with Gasteiger partial charge >= 0.3 is 7.12 Å². The average molecular weight is 434 g/mol. The minimum atomic E-state index is -1.31. The molecule has 2 rings (SSSR count). The maximum atomic E-state index is 13.6. The van der Waals surface area contributed by atoms with Crippen LogP contribution in [0.15, 0.2) is 18.2 Å². The molecule has 1 aliphatic rings. The van der Waals surface area contributed by atoms with Crippen molar-refractivity contribution in [2.45, 2.75) is 76.8 Å². The molecule has 2 atom stereocenters. The quantitative estimate of drug-likeness (QED) is 0.513. The van der Waals surface area contributed by atoms with Crippen molar-refractivity contribution in [2.75, 3.05) is 6.61 Å². The Morgan fingerprint density at radius 3 is 2.32 bits per heavy atom. The third-order valence-corrected chi connectivity index (χ3v) is 6.94. The molecule has 0 bridgehead atoms. The van der Waals surface area contributed by atoms with Gasteiger partial charge in [0, 0.05) is 17.4 Å². The van der Waals surface area contributed by atoms with Crippen LogP contribution in [0.3, 0.4) is 0 Å². The highest BCUT2D eigenvalue weighted by Crippen LogP contribution is 2.38. The Labute approximate surface area is 176 Å². The lowest BCUT2D eigenvalue weighted by atomic mass is 9.77. The lowest BCUT2D eigenvalue weighted by molar-refractivity contribution is 0.00578. The molecule has 158 valence electrons. The second-order valence-electron chi connectivity index (χ2n) is 8.94. The van der Waals surface area contributed by atoms with Crippen LogP contribution in [-0.2, 0) is 20.7 Å². The first kappa shape index (κ1) is 23.8. The number of benzene rings is 1. The highest BCUT2D eigenvalue weighted by Gasteiger charge is 2.55. The summed E-state index contributed by atoms with van der Waals surface area (Å²) in [6, 6.07) is 4.30. The zero-order valence-electron chi connectivity index (χ0n) is 17.6. The average Bonchev–Trinajstić information content (AvgIpc) is 2.76. The van der Waals surface area contributed by atoms with Gasteiger partial charge in [-0.1, -0.05) is 11.6 Å². The van der Waals surface area contributed by atoms with Crippen molar-refractivity contribution in [2.24, 2.45) is 0 Å². The van der Waals surface area contributed by atoms with Gasteiger partial charge < -0.3 is 18.6 Å². The Kier molecular flexibility index (Phi) is 7.38. The predicted octanol–water partition coefficient (Wildman–Crippen LogP) is 4.30. The monoisotopic (exact) mass is 433 g/mol. The molecule has 1 N–H and O–H groups in total. The molecule has 0 amide bonds. The molecule has 0 spiro atoms. The zero-order chi connectivity index (χ0) is 21.3. The maximum Gasteiger partial charge on any atom is 0.480 e. The van der Waals surface area contributed by atoms with E-state index in [0.717, 1.165) is 0 Å². The van der Waals surface area contributed by atoms with Gasteiger partial charge in [-0.2, -0.15) is 0 Å². The summed E-state index contributed by atoms with van der Waals surface area (Å²) >= 11 is 4.39. The molecule has 1 fully saturated rings. The van der Waals surface area contributed by atoms with Crippen molar-refractivity contribution < 1.29 is 23.0 Å². The van der Waals surface area contributed by atoms with Gasteiger partial charge in [0.25, 0.3) is 0 Å². The summed E-state index contributed by atoms with van der Waals surface area (Å²) < 4.78 is 46.8. The van der Waals surface area contributed by atoms with Gasteiger partial charge in [-0.3, -0.25) is 0 Å². The summed E-state index contributed by atoms with van der Waals surface area (Å²) in [5, 5.41) is 0.0460. The predicted molar refractivity (Wildman–Crippen MR) is 112 cm³/mol. The molecule has 28 heavy (non-hydrogen) atoms. The summed E-state index contributed by atoms with van der Waals surface area (Å²) in [5.41, 5.74) is -0.998. The summed E-state index contributed by atoms with van der Waals surface area (Å²) in [4.78, 5) is 0. The van der Waals surface area contributed by atoms with Crippen LogP contribution in [0.5, 0.6) is 5.75 Å². The van der Waals surface area contributed by atoms with Crippen LogP contribution in [0, 0.1) is 5.82 Å². The molecule has 0 aromatic heterocycles. The van der Waals surface area contributed by atoms with E-state index in [9.17, 15) is 8.94 Å². The first-order valence-electron chi connectivity index (χ1n) is 9.34. The Balaban J connectivity index is 2.07. The zero-order valence-corrected chi connectivity index (χ0v) is 19.2. The normalized spacial score (nSPS) is 20.9.